The zero-order chi connectivity index (χ0) is 15.5. The fraction of sp³-hybridized carbons (Fsp3) is 0.286. The number of sulfonamides is 1. The molecule has 0 saturated carbocycles. The van der Waals surface area contributed by atoms with Gasteiger partial charge in [0.1, 0.15) is 0 Å². The summed E-state index contributed by atoms with van der Waals surface area (Å²) in [5.41, 5.74) is 1.75. The molecule has 0 atom stereocenters. The number of benzene rings is 1. The van der Waals surface area contributed by atoms with Crippen molar-refractivity contribution in [1.29, 1.82) is 5.26 Å². The Morgan fingerprint density at radius 3 is 2.71 bits per heavy atom. The van der Waals surface area contributed by atoms with E-state index in [4.69, 9.17) is 5.26 Å². The second-order valence-electron chi connectivity index (χ2n) is 4.51. The van der Waals surface area contributed by atoms with Crippen LogP contribution in [0.3, 0.4) is 0 Å². The van der Waals surface area contributed by atoms with Crippen LogP contribution in [0.25, 0.3) is 0 Å². The molecule has 0 aliphatic heterocycles. The second-order valence-corrected chi connectivity index (χ2v) is 7.43. The van der Waals surface area contributed by atoms with Gasteiger partial charge in [0.2, 0.25) is 10.0 Å². The van der Waals surface area contributed by atoms with Crippen molar-refractivity contribution in [2.24, 2.45) is 0 Å². The van der Waals surface area contributed by atoms with Gasteiger partial charge < -0.3 is 0 Å². The smallest absolute Gasteiger partial charge is 0.238 e. The largest absolute Gasteiger partial charge is 0.258 e. The van der Waals surface area contributed by atoms with Crippen molar-refractivity contribution in [2.45, 2.75) is 26.0 Å². The van der Waals surface area contributed by atoms with Crippen molar-refractivity contribution in [3.8, 4) is 6.07 Å². The first-order chi connectivity index (χ1) is 9.95. The number of aromatic nitrogens is 1. The molecule has 110 valence electrons. The van der Waals surface area contributed by atoms with Crippen molar-refractivity contribution in [3.05, 3.63) is 46.0 Å². The van der Waals surface area contributed by atoms with Crippen LogP contribution in [0.2, 0.25) is 0 Å². The minimum Gasteiger partial charge on any atom is -0.258 e. The Bertz CT molecular complexity index is 789. The van der Waals surface area contributed by atoms with Gasteiger partial charge in [-0.3, -0.25) is 4.72 Å². The van der Waals surface area contributed by atoms with Gasteiger partial charge in [-0.1, -0.05) is 25.1 Å². The van der Waals surface area contributed by atoms with Crippen molar-refractivity contribution in [3.63, 3.8) is 0 Å². The van der Waals surface area contributed by atoms with Gasteiger partial charge in [-0.05, 0) is 25.0 Å². The van der Waals surface area contributed by atoms with Crippen LogP contribution >= 0.6 is 11.3 Å². The Morgan fingerprint density at radius 1 is 1.38 bits per heavy atom. The number of nitrogens with zero attached hydrogens (tertiary/aromatic N) is 2. The van der Waals surface area contributed by atoms with Gasteiger partial charge >= 0.3 is 0 Å². The highest BCUT2D eigenvalue weighted by Gasteiger charge is 2.17. The molecule has 0 aliphatic rings. The number of nitrogens with one attached hydrogen (secondary N) is 1. The SMILES string of the molecule is CCc1nc(NS(=O)(=O)Cc2ccccc2C#N)sc1C. The number of aryl methyl sites for hydroxylation is 2. The minimum absolute atomic E-state index is 0.239. The molecule has 5 nitrogen and oxygen atoms in total. The molecule has 7 heteroatoms. The number of thiazole rings is 1. The molecule has 0 spiro atoms. The van der Waals surface area contributed by atoms with Crippen molar-refractivity contribution < 1.29 is 8.42 Å². The lowest BCUT2D eigenvalue weighted by Gasteiger charge is -2.06. The fourth-order valence-corrected chi connectivity index (χ4v) is 4.28. The molecule has 21 heavy (non-hydrogen) atoms. The molecule has 1 aromatic heterocycles. The first-order valence-electron chi connectivity index (χ1n) is 6.40. The molecule has 0 amide bonds. The summed E-state index contributed by atoms with van der Waals surface area (Å²) in [6.45, 7) is 3.89. The third kappa shape index (κ3) is 3.80. The van der Waals surface area contributed by atoms with E-state index >= 15 is 0 Å². The van der Waals surface area contributed by atoms with E-state index in [9.17, 15) is 8.42 Å². The molecule has 2 aromatic rings. The van der Waals surface area contributed by atoms with Crippen molar-refractivity contribution in [2.75, 3.05) is 4.72 Å². The van der Waals surface area contributed by atoms with Crippen LogP contribution in [0.5, 0.6) is 0 Å². The summed E-state index contributed by atoms with van der Waals surface area (Å²) in [5.74, 6) is -0.239. The van der Waals surface area contributed by atoms with Gasteiger partial charge in [0, 0.05) is 4.88 Å². The van der Waals surface area contributed by atoms with Crippen LogP contribution in [-0.4, -0.2) is 13.4 Å². The zero-order valence-electron chi connectivity index (χ0n) is 11.8. The Kier molecular flexibility index (Phi) is 4.60. The first-order valence-corrected chi connectivity index (χ1v) is 8.87. The van der Waals surface area contributed by atoms with E-state index in [0.29, 0.717) is 16.3 Å². The van der Waals surface area contributed by atoms with Crippen LogP contribution in [-0.2, 0) is 22.2 Å². The predicted molar refractivity (Wildman–Crippen MR) is 83.6 cm³/mol. The zero-order valence-corrected chi connectivity index (χ0v) is 13.4. The molecule has 0 unspecified atom stereocenters. The van der Waals surface area contributed by atoms with Gasteiger partial charge in [-0.2, -0.15) is 5.26 Å². The molecule has 0 aliphatic carbocycles. The number of hydrogen-bond acceptors (Lipinski definition) is 5. The Hall–Kier alpha value is -1.91. The van der Waals surface area contributed by atoms with E-state index in [1.165, 1.54) is 11.3 Å². The summed E-state index contributed by atoms with van der Waals surface area (Å²) < 4.78 is 26.9. The van der Waals surface area contributed by atoms with Gasteiger partial charge in [0.15, 0.2) is 5.13 Å². The monoisotopic (exact) mass is 321 g/mol. The average molecular weight is 321 g/mol. The maximum absolute atomic E-state index is 12.2. The van der Waals surface area contributed by atoms with Gasteiger partial charge in [-0.15, -0.1) is 11.3 Å². The lowest BCUT2D eigenvalue weighted by atomic mass is 10.1. The first kappa shape index (κ1) is 15.5. The van der Waals surface area contributed by atoms with Crippen LogP contribution in [0.4, 0.5) is 5.13 Å². The van der Waals surface area contributed by atoms with E-state index in [1.807, 2.05) is 19.9 Å². The van der Waals surface area contributed by atoms with Crippen molar-refractivity contribution in [1.82, 2.24) is 4.98 Å². The molecule has 1 N–H and O–H groups in total. The van der Waals surface area contributed by atoms with Gasteiger partial charge in [0.05, 0.1) is 23.1 Å². The second kappa shape index (κ2) is 6.24. The van der Waals surface area contributed by atoms with Gasteiger partial charge in [-0.25, -0.2) is 13.4 Å². The van der Waals surface area contributed by atoms with Crippen LogP contribution in [0.15, 0.2) is 24.3 Å². The summed E-state index contributed by atoms with van der Waals surface area (Å²) in [4.78, 5) is 5.27. The van der Waals surface area contributed by atoms with E-state index in [1.54, 1.807) is 24.3 Å². The van der Waals surface area contributed by atoms with Crippen LogP contribution in [0.1, 0.15) is 28.6 Å². The molecular weight excluding hydrogens is 306 g/mol. The van der Waals surface area contributed by atoms with E-state index in [0.717, 1.165) is 17.0 Å². The predicted octanol–water partition coefficient (Wildman–Crippen LogP) is 2.83. The molecule has 1 aromatic carbocycles. The van der Waals surface area contributed by atoms with E-state index in [-0.39, 0.29) is 5.75 Å². The molecule has 2 rings (SSSR count). The maximum atomic E-state index is 12.2. The lowest BCUT2D eigenvalue weighted by molar-refractivity contribution is 0.600. The number of rotatable bonds is 5. The molecule has 1 heterocycles. The Labute approximate surface area is 128 Å². The topological polar surface area (TPSA) is 82.8 Å². The molecule has 0 saturated heterocycles. The molecular formula is C14H15N3O2S2. The third-order valence-electron chi connectivity index (χ3n) is 2.95. The Balaban J connectivity index is 2.21. The van der Waals surface area contributed by atoms with Crippen molar-refractivity contribution >= 4 is 26.5 Å². The summed E-state index contributed by atoms with van der Waals surface area (Å²) >= 11 is 1.32. The molecule has 0 fully saturated rings. The average Bonchev–Trinajstić information content (AvgIpc) is 2.78. The number of hydrogen-bond donors (Lipinski definition) is 1. The quantitative estimate of drug-likeness (QED) is 0.918. The van der Waals surface area contributed by atoms with E-state index < -0.39 is 10.0 Å². The highest BCUT2D eigenvalue weighted by Crippen LogP contribution is 2.24. The normalized spacial score (nSPS) is 11.1. The summed E-state index contributed by atoms with van der Waals surface area (Å²) in [7, 11) is -3.59. The minimum atomic E-state index is -3.59. The van der Waals surface area contributed by atoms with E-state index in [2.05, 4.69) is 9.71 Å². The molecule has 0 bridgehead atoms. The summed E-state index contributed by atoms with van der Waals surface area (Å²) in [6, 6.07) is 8.67. The van der Waals surface area contributed by atoms with Gasteiger partial charge in [0.25, 0.3) is 0 Å². The third-order valence-corrected chi connectivity index (χ3v) is 5.21. The fourth-order valence-electron chi connectivity index (χ4n) is 1.93. The highest BCUT2D eigenvalue weighted by molar-refractivity contribution is 7.92. The summed E-state index contributed by atoms with van der Waals surface area (Å²) in [6.07, 6.45) is 0.765. The highest BCUT2D eigenvalue weighted by atomic mass is 32.2. The number of nitriles is 1. The lowest BCUT2D eigenvalue weighted by Crippen LogP contribution is -2.15. The summed E-state index contributed by atoms with van der Waals surface area (Å²) in [5, 5.41) is 9.37. The standard InChI is InChI=1S/C14H15N3O2S2/c1-3-13-10(2)20-14(16-13)17-21(18,19)9-12-7-5-4-6-11(12)8-15/h4-7H,3,9H2,1-2H3,(H,16,17). The molecule has 0 radical (unpaired) electrons. The maximum Gasteiger partial charge on any atom is 0.238 e. The number of anilines is 1. The Morgan fingerprint density at radius 2 is 2.10 bits per heavy atom. The van der Waals surface area contributed by atoms with Crippen LogP contribution in [0, 0.1) is 18.3 Å². The van der Waals surface area contributed by atoms with Crippen LogP contribution < -0.4 is 4.72 Å².